The van der Waals surface area contributed by atoms with Crippen LogP contribution in [0.15, 0.2) is 59.4 Å². The number of aromatic amines is 1. The maximum atomic E-state index is 13.6. The van der Waals surface area contributed by atoms with Crippen molar-refractivity contribution in [3.05, 3.63) is 82.0 Å². The molecule has 2 aromatic carbocycles. The standard InChI is InChI=1S/C23H25FN4O/c1-16-14-28(20-9-4-3-5-10-20)12-11-27(16)15-18-7-6-8-19(13-18)22-25-17(2)21(24)23(29)26-22/h3-10,13,16H,11-12,14-15H2,1-2H3,(H,25,26,29)/t16-/m0/s1. The molecule has 1 aromatic heterocycles. The Morgan fingerprint density at radius 1 is 1.14 bits per heavy atom. The zero-order valence-electron chi connectivity index (χ0n) is 16.7. The van der Waals surface area contributed by atoms with Crippen LogP contribution in [0.25, 0.3) is 11.4 Å². The molecule has 2 heterocycles. The van der Waals surface area contributed by atoms with E-state index in [4.69, 9.17) is 0 Å². The maximum Gasteiger partial charge on any atom is 0.287 e. The van der Waals surface area contributed by atoms with E-state index in [0.29, 0.717) is 11.9 Å². The number of piperazine rings is 1. The second-order valence-corrected chi connectivity index (χ2v) is 7.62. The van der Waals surface area contributed by atoms with Gasteiger partial charge in [0.25, 0.3) is 5.56 Å². The molecule has 0 radical (unpaired) electrons. The molecule has 0 unspecified atom stereocenters. The van der Waals surface area contributed by atoms with Gasteiger partial charge in [-0.15, -0.1) is 0 Å². The molecule has 0 spiro atoms. The number of hydrogen-bond donors (Lipinski definition) is 1. The predicted octanol–water partition coefficient (Wildman–Crippen LogP) is 3.60. The third-order valence-corrected chi connectivity index (χ3v) is 5.50. The van der Waals surface area contributed by atoms with Gasteiger partial charge < -0.3 is 9.88 Å². The first kappa shape index (κ1) is 19.3. The molecule has 150 valence electrons. The molecule has 1 N–H and O–H groups in total. The number of nitrogens with one attached hydrogen (secondary N) is 1. The number of aryl methyl sites for hydroxylation is 1. The molecule has 1 fully saturated rings. The molecule has 4 rings (SSSR count). The molecule has 0 saturated carbocycles. The fraction of sp³-hybridized carbons (Fsp3) is 0.304. The lowest BCUT2D eigenvalue weighted by atomic mass is 10.1. The Bertz CT molecular complexity index is 1050. The molecular weight excluding hydrogens is 367 g/mol. The quantitative estimate of drug-likeness (QED) is 0.737. The molecule has 0 bridgehead atoms. The largest absolute Gasteiger partial charge is 0.369 e. The number of rotatable bonds is 4. The average molecular weight is 392 g/mol. The summed E-state index contributed by atoms with van der Waals surface area (Å²) >= 11 is 0. The highest BCUT2D eigenvalue weighted by Crippen LogP contribution is 2.22. The summed E-state index contributed by atoms with van der Waals surface area (Å²) in [6.45, 7) is 7.52. The molecule has 1 saturated heterocycles. The van der Waals surface area contributed by atoms with E-state index >= 15 is 0 Å². The molecule has 3 aromatic rings. The average Bonchev–Trinajstić information content (AvgIpc) is 2.74. The Balaban J connectivity index is 1.48. The fourth-order valence-corrected chi connectivity index (χ4v) is 3.86. The van der Waals surface area contributed by atoms with Crippen LogP contribution in [-0.4, -0.2) is 40.5 Å². The Hall–Kier alpha value is -2.99. The smallest absolute Gasteiger partial charge is 0.287 e. The van der Waals surface area contributed by atoms with E-state index in [0.717, 1.165) is 37.3 Å². The van der Waals surface area contributed by atoms with E-state index in [1.165, 1.54) is 12.6 Å². The molecule has 1 atom stereocenters. The van der Waals surface area contributed by atoms with E-state index in [1.54, 1.807) is 0 Å². The summed E-state index contributed by atoms with van der Waals surface area (Å²) in [5.74, 6) is -0.423. The molecule has 0 amide bonds. The number of benzene rings is 2. The highest BCUT2D eigenvalue weighted by atomic mass is 19.1. The van der Waals surface area contributed by atoms with Crippen molar-refractivity contribution >= 4 is 5.69 Å². The fourth-order valence-electron chi connectivity index (χ4n) is 3.86. The monoisotopic (exact) mass is 392 g/mol. The van der Waals surface area contributed by atoms with E-state index in [2.05, 4.69) is 57.0 Å². The van der Waals surface area contributed by atoms with Gasteiger partial charge in [0.2, 0.25) is 5.82 Å². The minimum atomic E-state index is -0.824. The van der Waals surface area contributed by atoms with Gasteiger partial charge >= 0.3 is 0 Å². The second-order valence-electron chi connectivity index (χ2n) is 7.62. The highest BCUT2D eigenvalue weighted by molar-refractivity contribution is 5.56. The van der Waals surface area contributed by atoms with Crippen LogP contribution in [0.2, 0.25) is 0 Å². The van der Waals surface area contributed by atoms with Crippen LogP contribution < -0.4 is 10.5 Å². The number of nitrogens with zero attached hydrogens (tertiary/aromatic N) is 3. The van der Waals surface area contributed by atoms with E-state index < -0.39 is 11.4 Å². The molecule has 0 aliphatic carbocycles. The normalized spacial score (nSPS) is 17.5. The van der Waals surface area contributed by atoms with Gasteiger partial charge in [0.1, 0.15) is 5.82 Å². The third kappa shape index (κ3) is 4.22. The van der Waals surface area contributed by atoms with Crippen molar-refractivity contribution in [3.63, 3.8) is 0 Å². The zero-order valence-corrected chi connectivity index (χ0v) is 16.7. The molecule has 5 nitrogen and oxygen atoms in total. The first-order valence-corrected chi connectivity index (χ1v) is 9.91. The first-order chi connectivity index (χ1) is 14.0. The van der Waals surface area contributed by atoms with Gasteiger partial charge in [-0.1, -0.05) is 36.4 Å². The van der Waals surface area contributed by atoms with E-state index in [1.807, 2.05) is 24.3 Å². The summed E-state index contributed by atoms with van der Waals surface area (Å²) in [6, 6.07) is 18.9. The van der Waals surface area contributed by atoms with Crippen molar-refractivity contribution in [2.24, 2.45) is 0 Å². The van der Waals surface area contributed by atoms with Gasteiger partial charge in [-0.2, -0.15) is 4.39 Å². The van der Waals surface area contributed by atoms with Crippen molar-refractivity contribution in [2.45, 2.75) is 26.4 Å². The van der Waals surface area contributed by atoms with Crippen LogP contribution in [0.5, 0.6) is 0 Å². The summed E-state index contributed by atoms with van der Waals surface area (Å²) in [4.78, 5) is 23.4. The van der Waals surface area contributed by atoms with Gasteiger partial charge in [0.15, 0.2) is 0 Å². The molecule has 29 heavy (non-hydrogen) atoms. The number of hydrogen-bond acceptors (Lipinski definition) is 4. The summed E-state index contributed by atoms with van der Waals surface area (Å²) in [7, 11) is 0. The summed E-state index contributed by atoms with van der Waals surface area (Å²) in [5.41, 5.74) is 2.58. The lowest BCUT2D eigenvalue weighted by molar-refractivity contribution is 0.181. The summed E-state index contributed by atoms with van der Waals surface area (Å²) in [5, 5.41) is 0. The SMILES string of the molecule is Cc1nc(-c2cccc(CN3CCN(c4ccccc4)C[C@@H]3C)c2)[nH]c(=O)c1F. The molecule has 6 heteroatoms. The van der Waals surface area contributed by atoms with Crippen LogP contribution in [0, 0.1) is 12.7 Å². The van der Waals surface area contributed by atoms with Crippen molar-refractivity contribution in [3.8, 4) is 11.4 Å². The van der Waals surface area contributed by atoms with Crippen molar-refractivity contribution in [1.29, 1.82) is 0 Å². The second kappa shape index (κ2) is 8.17. The van der Waals surface area contributed by atoms with Crippen LogP contribution in [0.4, 0.5) is 10.1 Å². The lowest BCUT2D eigenvalue weighted by Crippen LogP contribution is -2.51. The first-order valence-electron chi connectivity index (χ1n) is 9.91. The molecule has 1 aliphatic heterocycles. The van der Waals surface area contributed by atoms with Crippen molar-refractivity contribution in [1.82, 2.24) is 14.9 Å². The maximum absolute atomic E-state index is 13.6. The Morgan fingerprint density at radius 3 is 2.66 bits per heavy atom. The number of halogens is 1. The van der Waals surface area contributed by atoms with Gasteiger partial charge in [-0.3, -0.25) is 9.69 Å². The van der Waals surface area contributed by atoms with Gasteiger partial charge in [0.05, 0.1) is 5.69 Å². The van der Waals surface area contributed by atoms with Gasteiger partial charge in [0, 0.05) is 43.5 Å². The number of aromatic nitrogens is 2. The van der Waals surface area contributed by atoms with Crippen LogP contribution >= 0.6 is 0 Å². The lowest BCUT2D eigenvalue weighted by Gasteiger charge is -2.41. The minimum absolute atomic E-state index is 0.111. The highest BCUT2D eigenvalue weighted by Gasteiger charge is 2.24. The van der Waals surface area contributed by atoms with E-state index in [9.17, 15) is 9.18 Å². The zero-order chi connectivity index (χ0) is 20.4. The van der Waals surface area contributed by atoms with Gasteiger partial charge in [-0.05, 0) is 37.6 Å². The summed E-state index contributed by atoms with van der Waals surface area (Å²) < 4.78 is 13.6. The number of para-hydroxylation sites is 1. The van der Waals surface area contributed by atoms with Gasteiger partial charge in [-0.25, -0.2) is 4.98 Å². The third-order valence-electron chi connectivity index (χ3n) is 5.50. The van der Waals surface area contributed by atoms with Crippen LogP contribution in [0.1, 0.15) is 18.2 Å². The van der Waals surface area contributed by atoms with Crippen LogP contribution in [-0.2, 0) is 6.54 Å². The number of anilines is 1. The molecular formula is C23H25FN4O. The topological polar surface area (TPSA) is 52.2 Å². The Morgan fingerprint density at radius 2 is 1.93 bits per heavy atom. The summed E-state index contributed by atoms with van der Waals surface area (Å²) in [6.07, 6.45) is 0. The minimum Gasteiger partial charge on any atom is -0.369 e. The van der Waals surface area contributed by atoms with Crippen molar-refractivity contribution in [2.75, 3.05) is 24.5 Å². The molecule has 1 aliphatic rings. The number of H-pyrrole nitrogens is 1. The van der Waals surface area contributed by atoms with Crippen LogP contribution in [0.3, 0.4) is 0 Å². The Kier molecular flexibility index (Phi) is 5.45. The Labute approximate surface area is 169 Å². The van der Waals surface area contributed by atoms with E-state index in [-0.39, 0.29) is 5.69 Å². The van der Waals surface area contributed by atoms with Crippen molar-refractivity contribution < 1.29 is 4.39 Å². The predicted molar refractivity (Wildman–Crippen MR) is 114 cm³/mol.